The second-order valence-corrected chi connectivity index (χ2v) is 5.14. The summed E-state index contributed by atoms with van der Waals surface area (Å²) in [6, 6.07) is 7.74. The molecule has 0 N–H and O–H groups in total. The third-order valence-electron chi connectivity index (χ3n) is 2.38. The molecule has 0 spiro atoms. The predicted octanol–water partition coefficient (Wildman–Crippen LogP) is 3.80. The Kier molecular flexibility index (Phi) is 4.58. The van der Waals surface area contributed by atoms with Crippen molar-refractivity contribution < 1.29 is 9.47 Å². The van der Waals surface area contributed by atoms with Crippen molar-refractivity contribution >= 4 is 22.9 Å². The fraction of sp³-hybridized carbons (Fsp3) is 0.308. The van der Waals surface area contributed by atoms with Crippen LogP contribution in [-0.4, -0.2) is 25.3 Å². The van der Waals surface area contributed by atoms with Crippen LogP contribution < -0.4 is 4.74 Å². The van der Waals surface area contributed by atoms with Crippen LogP contribution in [0.2, 0.25) is 5.02 Å². The van der Waals surface area contributed by atoms with E-state index in [1.54, 1.807) is 7.11 Å². The molecule has 0 saturated heterocycles. The maximum atomic E-state index is 5.99. The zero-order valence-corrected chi connectivity index (χ0v) is 11.8. The molecule has 2 aromatic rings. The van der Waals surface area contributed by atoms with Crippen molar-refractivity contribution in [2.45, 2.75) is 6.92 Å². The van der Waals surface area contributed by atoms with E-state index in [2.05, 4.69) is 4.98 Å². The van der Waals surface area contributed by atoms with Gasteiger partial charge in [-0.2, -0.15) is 0 Å². The molecule has 0 saturated carbocycles. The highest BCUT2D eigenvalue weighted by molar-refractivity contribution is 7.17. The predicted molar refractivity (Wildman–Crippen MR) is 74.7 cm³/mol. The Balaban J connectivity index is 2.18. The number of benzene rings is 1. The molecule has 0 aliphatic heterocycles. The number of methoxy groups -OCH3 is 1. The van der Waals surface area contributed by atoms with Gasteiger partial charge in [-0.25, -0.2) is 4.98 Å². The van der Waals surface area contributed by atoms with Gasteiger partial charge in [0.1, 0.15) is 6.61 Å². The monoisotopic (exact) mass is 283 g/mol. The lowest BCUT2D eigenvalue weighted by Gasteiger charge is -1.99. The molecule has 0 aliphatic rings. The summed E-state index contributed by atoms with van der Waals surface area (Å²) in [4.78, 5) is 5.47. The fourth-order valence-corrected chi connectivity index (χ4v) is 2.67. The molecular formula is C13H14ClNO2S. The minimum absolute atomic E-state index is 0.512. The minimum Gasteiger partial charge on any atom is -0.468 e. The van der Waals surface area contributed by atoms with Crippen molar-refractivity contribution in [1.82, 2.24) is 4.98 Å². The highest BCUT2D eigenvalue weighted by Gasteiger charge is 2.10. The van der Waals surface area contributed by atoms with Crippen LogP contribution in [0.25, 0.3) is 10.4 Å². The highest BCUT2D eigenvalue weighted by atomic mass is 35.5. The molecule has 0 atom stereocenters. The second-order valence-electron chi connectivity index (χ2n) is 3.75. The third kappa shape index (κ3) is 3.22. The maximum Gasteiger partial charge on any atom is 0.274 e. The Morgan fingerprint density at radius 2 is 2.17 bits per heavy atom. The van der Waals surface area contributed by atoms with Gasteiger partial charge in [-0.3, -0.25) is 0 Å². The number of ether oxygens (including phenoxy) is 2. The lowest BCUT2D eigenvalue weighted by atomic mass is 10.2. The van der Waals surface area contributed by atoms with E-state index in [0.29, 0.717) is 18.4 Å². The minimum atomic E-state index is 0.512. The van der Waals surface area contributed by atoms with E-state index in [1.165, 1.54) is 11.3 Å². The Morgan fingerprint density at radius 3 is 2.89 bits per heavy atom. The number of hydrogen-bond donors (Lipinski definition) is 0. The molecule has 1 aromatic carbocycles. The highest BCUT2D eigenvalue weighted by Crippen LogP contribution is 2.34. The smallest absolute Gasteiger partial charge is 0.274 e. The maximum absolute atomic E-state index is 5.99. The fourth-order valence-electron chi connectivity index (χ4n) is 1.54. The lowest BCUT2D eigenvalue weighted by Crippen LogP contribution is -2.03. The van der Waals surface area contributed by atoms with E-state index in [4.69, 9.17) is 21.1 Å². The molecule has 0 radical (unpaired) electrons. The van der Waals surface area contributed by atoms with E-state index >= 15 is 0 Å². The molecule has 1 heterocycles. The first-order chi connectivity index (χ1) is 8.70. The van der Waals surface area contributed by atoms with Crippen molar-refractivity contribution in [3.8, 4) is 15.6 Å². The van der Waals surface area contributed by atoms with Crippen LogP contribution in [0, 0.1) is 6.92 Å². The molecule has 18 heavy (non-hydrogen) atoms. The summed E-state index contributed by atoms with van der Waals surface area (Å²) in [6.07, 6.45) is 0. The number of hydrogen-bond acceptors (Lipinski definition) is 4. The average molecular weight is 284 g/mol. The molecule has 0 bridgehead atoms. The van der Waals surface area contributed by atoms with Gasteiger partial charge in [-0.15, -0.1) is 0 Å². The zero-order chi connectivity index (χ0) is 13.0. The van der Waals surface area contributed by atoms with Crippen LogP contribution in [0.4, 0.5) is 0 Å². The van der Waals surface area contributed by atoms with Crippen LogP contribution >= 0.6 is 22.9 Å². The molecule has 2 rings (SSSR count). The van der Waals surface area contributed by atoms with E-state index in [9.17, 15) is 0 Å². The topological polar surface area (TPSA) is 31.4 Å². The largest absolute Gasteiger partial charge is 0.468 e. The first-order valence-corrected chi connectivity index (χ1v) is 6.75. The quantitative estimate of drug-likeness (QED) is 0.782. The number of thiazole rings is 1. The number of aryl methyl sites for hydroxylation is 1. The van der Waals surface area contributed by atoms with Gasteiger partial charge in [0.25, 0.3) is 5.19 Å². The summed E-state index contributed by atoms with van der Waals surface area (Å²) in [6.45, 7) is 3.04. The molecule has 96 valence electrons. The van der Waals surface area contributed by atoms with Crippen molar-refractivity contribution in [3.05, 3.63) is 35.0 Å². The number of aromatic nitrogens is 1. The van der Waals surface area contributed by atoms with Crippen molar-refractivity contribution in [1.29, 1.82) is 0 Å². The van der Waals surface area contributed by atoms with Gasteiger partial charge in [0.2, 0.25) is 0 Å². The van der Waals surface area contributed by atoms with Gasteiger partial charge in [0.05, 0.1) is 17.2 Å². The van der Waals surface area contributed by atoms with Gasteiger partial charge in [-0.1, -0.05) is 35.1 Å². The average Bonchev–Trinajstić information content (AvgIpc) is 2.71. The van der Waals surface area contributed by atoms with Gasteiger partial charge >= 0.3 is 0 Å². The van der Waals surface area contributed by atoms with Crippen LogP contribution in [0.5, 0.6) is 5.19 Å². The standard InChI is InChI=1S/C13H14ClNO2S/c1-9-12(10-4-3-5-11(14)8-10)18-13(15-9)17-7-6-16-2/h3-5,8H,6-7H2,1-2H3. The summed E-state index contributed by atoms with van der Waals surface area (Å²) < 4.78 is 10.4. The lowest BCUT2D eigenvalue weighted by molar-refractivity contribution is 0.146. The van der Waals surface area contributed by atoms with Gasteiger partial charge in [0.15, 0.2) is 0 Å². The van der Waals surface area contributed by atoms with Crippen LogP contribution in [0.15, 0.2) is 24.3 Å². The number of halogens is 1. The molecule has 0 unspecified atom stereocenters. The summed E-state index contributed by atoms with van der Waals surface area (Å²) >= 11 is 7.52. The molecule has 0 fully saturated rings. The molecule has 0 aliphatic carbocycles. The summed E-state index contributed by atoms with van der Waals surface area (Å²) in [7, 11) is 1.65. The van der Waals surface area contributed by atoms with Gasteiger partial charge in [0, 0.05) is 12.1 Å². The molecular weight excluding hydrogens is 270 g/mol. The van der Waals surface area contributed by atoms with Crippen molar-refractivity contribution in [3.63, 3.8) is 0 Å². The number of nitrogens with zero attached hydrogens (tertiary/aromatic N) is 1. The number of rotatable bonds is 5. The van der Waals surface area contributed by atoms with E-state index in [-0.39, 0.29) is 0 Å². The summed E-state index contributed by atoms with van der Waals surface area (Å²) in [5.41, 5.74) is 2.02. The molecule has 3 nitrogen and oxygen atoms in total. The van der Waals surface area contributed by atoms with Gasteiger partial charge in [-0.05, 0) is 24.6 Å². The Labute approximate surface area is 115 Å². The SMILES string of the molecule is COCCOc1nc(C)c(-c2cccc(Cl)c2)s1. The Bertz CT molecular complexity index is 527. The van der Waals surface area contributed by atoms with Crippen molar-refractivity contribution in [2.24, 2.45) is 0 Å². The Morgan fingerprint density at radius 1 is 1.33 bits per heavy atom. The van der Waals surface area contributed by atoms with E-state index in [1.807, 2.05) is 31.2 Å². The van der Waals surface area contributed by atoms with Crippen LogP contribution in [-0.2, 0) is 4.74 Å². The normalized spacial score (nSPS) is 10.6. The van der Waals surface area contributed by atoms with E-state index in [0.717, 1.165) is 21.2 Å². The Hall–Kier alpha value is -1.10. The van der Waals surface area contributed by atoms with Crippen LogP contribution in [0.3, 0.4) is 0 Å². The summed E-state index contributed by atoms with van der Waals surface area (Å²) in [5.74, 6) is 0. The first kappa shape index (κ1) is 13.3. The first-order valence-electron chi connectivity index (χ1n) is 5.56. The second kappa shape index (κ2) is 6.18. The van der Waals surface area contributed by atoms with Crippen LogP contribution in [0.1, 0.15) is 5.69 Å². The summed E-state index contributed by atoms with van der Waals surface area (Å²) in [5, 5.41) is 1.39. The van der Waals surface area contributed by atoms with E-state index < -0.39 is 0 Å². The van der Waals surface area contributed by atoms with Crippen molar-refractivity contribution in [2.75, 3.05) is 20.3 Å². The molecule has 0 amide bonds. The third-order valence-corrected chi connectivity index (χ3v) is 3.73. The molecule has 1 aromatic heterocycles. The zero-order valence-electron chi connectivity index (χ0n) is 10.3. The van der Waals surface area contributed by atoms with Gasteiger partial charge < -0.3 is 9.47 Å². The molecule has 5 heteroatoms.